The molecule has 6 nitrogen and oxygen atoms in total. The first-order chi connectivity index (χ1) is 17.0. The third-order valence-corrected chi connectivity index (χ3v) is 5.89. The van der Waals surface area contributed by atoms with Crippen LogP contribution in [0.25, 0.3) is 11.4 Å². The predicted octanol–water partition coefficient (Wildman–Crippen LogP) is 6.66. The van der Waals surface area contributed by atoms with Crippen LogP contribution in [0.4, 0.5) is 21.6 Å². The molecule has 9 heteroatoms. The van der Waals surface area contributed by atoms with Gasteiger partial charge < -0.3 is 15.0 Å². The van der Waals surface area contributed by atoms with Gasteiger partial charge in [-0.15, -0.1) is 0 Å². The zero-order valence-electron chi connectivity index (χ0n) is 18.7. The number of para-hydroxylation sites is 2. The maximum atomic E-state index is 15.2. The van der Waals surface area contributed by atoms with E-state index in [4.69, 9.17) is 27.9 Å². The number of aromatic nitrogens is 2. The van der Waals surface area contributed by atoms with Gasteiger partial charge in [0, 0.05) is 24.5 Å². The SMILES string of the molecule is COc1c(Cl)ccc(-c2nc(C=O)c(Cl)c(N(CCNc3ccccc3)c3ccccc3)n2)c1F. The van der Waals surface area contributed by atoms with Crippen LogP contribution in [0.15, 0.2) is 72.8 Å². The first kappa shape index (κ1) is 24.4. The number of methoxy groups -OCH3 is 1. The third-order valence-electron chi connectivity index (χ3n) is 5.23. The summed E-state index contributed by atoms with van der Waals surface area (Å²) >= 11 is 12.6. The zero-order chi connectivity index (χ0) is 24.8. The molecule has 0 spiro atoms. The summed E-state index contributed by atoms with van der Waals surface area (Å²) in [6, 6.07) is 22.1. The lowest BCUT2D eigenvalue weighted by atomic mass is 10.1. The number of aldehydes is 1. The summed E-state index contributed by atoms with van der Waals surface area (Å²) in [7, 11) is 1.32. The molecule has 1 N–H and O–H groups in total. The molecule has 4 aromatic rings. The Hall–Kier alpha value is -3.68. The minimum Gasteiger partial charge on any atom is -0.492 e. The Morgan fingerprint density at radius 2 is 1.69 bits per heavy atom. The highest BCUT2D eigenvalue weighted by molar-refractivity contribution is 6.35. The Bertz CT molecular complexity index is 1320. The van der Waals surface area contributed by atoms with Crippen LogP contribution in [0, 0.1) is 5.82 Å². The van der Waals surface area contributed by atoms with Gasteiger partial charge in [0.1, 0.15) is 10.7 Å². The van der Waals surface area contributed by atoms with Gasteiger partial charge >= 0.3 is 0 Å². The van der Waals surface area contributed by atoms with Gasteiger partial charge in [-0.1, -0.05) is 59.6 Å². The van der Waals surface area contributed by atoms with Crippen molar-refractivity contribution in [3.05, 3.63) is 94.4 Å². The number of benzene rings is 3. The van der Waals surface area contributed by atoms with Gasteiger partial charge in [0.25, 0.3) is 0 Å². The van der Waals surface area contributed by atoms with Gasteiger partial charge in [-0.2, -0.15) is 0 Å². The second-order valence-corrected chi connectivity index (χ2v) is 8.20. The monoisotopic (exact) mass is 510 g/mol. The number of rotatable bonds is 9. The van der Waals surface area contributed by atoms with E-state index in [1.807, 2.05) is 65.6 Å². The topological polar surface area (TPSA) is 67.3 Å². The Morgan fingerprint density at radius 3 is 2.34 bits per heavy atom. The van der Waals surface area contributed by atoms with E-state index in [1.165, 1.54) is 19.2 Å². The third kappa shape index (κ3) is 5.37. The molecule has 1 aromatic heterocycles. The molecule has 4 rings (SSSR count). The van der Waals surface area contributed by atoms with E-state index in [9.17, 15) is 4.79 Å². The van der Waals surface area contributed by atoms with Crippen molar-refractivity contribution in [2.24, 2.45) is 0 Å². The second-order valence-electron chi connectivity index (χ2n) is 7.41. The number of halogens is 3. The fourth-order valence-corrected chi connectivity index (χ4v) is 4.01. The summed E-state index contributed by atoms with van der Waals surface area (Å²) in [6.07, 6.45) is 0.521. The first-order valence-corrected chi connectivity index (χ1v) is 11.5. The van der Waals surface area contributed by atoms with E-state index < -0.39 is 5.82 Å². The van der Waals surface area contributed by atoms with Crippen molar-refractivity contribution in [2.45, 2.75) is 0 Å². The van der Waals surface area contributed by atoms with Gasteiger partial charge in [0.2, 0.25) is 0 Å². The first-order valence-electron chi connectivity index (χ1n) is 10.7. The largest absolute Gasteiger partial charge is 0.492 e. The highest BCUT2D eigenvalue weighted by Crippen LogP contribution is 2.37. The maximum Gasteiger partial charge on any atom is 0.177 e. The molecule has 0 radical (unpaired) electrons. The normalized spacial score (nSPS) is 10.6. The highest BCUT2D eigenvalue weighted by Gasteiger charge is 2.23. The summed E-state index contributed by atoms with van der Waals surface area (Å²) in [5.41, 5.74) is 1.72. The Morgan fingerprint density at radius 1 is 1.00 bits per heavy atom. The summed E-state index contributed by atoms with van der Waals surface area (Å²) in [4.78, 5) is 22.5. The fourth-order valence-electron chi connectivity index (χ4n) is 3.56. The Balaban J connectivity index is 1.79. The van der Waals surface area contributed by atoms with Crippen molar-refractivity contribution in [2.75, 3.05) is 30.4 Å². The maximum absolute atomic E-state index is 15.2. The summed E-state index contributed by atoms with van der Waals surface area (Å²) in [5.74, 6) is -0.616. The predicted molar refractivity (Wildman–Crippen MR) is 138 cm³/mol. The van der Waals surface area contributed by atoms with E-state index in [0.29, 0.717) is 19.4 Å². The number of nitrogens with one attached hydrogen (secondary N) is 1. The quantitative estimate of drug-likeness (QED) is 0.254. The number of anilines is 3. The van der Waals surface area contributed by atoms with Crippen molar-refractivity contribution in [1.82, 2.24) is 9.97 Å². The van der Waals surface area contributed by atoms with Crippen LogP contribution in [0.3, 0.4) is 0 Å². The molecule has 1 heterocycles. The second kappa shape index (κ2) is 11.2. The van der Waals surface area contributed by atoms with Gasteiger partial charge in [-0.05, 0) is 36.4 Å². The molecular formula is C26H21Cl2FN4O2. The van der Waals surface area contributed by atoms with Crippen molar-refractivity contribution in [3.63, 3.8) is 0 Å². The summed E-state index contributed by atoms with van der Waals surface area (Å²) < 4.78 is 20.3. The average Bonchev–Trinajstić information content (AvgIpc) is 2.89. The van der Waals surface area contributed by atoms with Gasteiger partial charge in [0.15, 0.2) is 29.5 Å². The average molecular weight is 511 g/mol. The van der Waals surface area contributed by atoms with E-state index >= 15 is 4.39 Å². The van der Waals surface area contributed by atoms with Crippen molar-refractivity contribution in [1.29, 1.82) is 0 Å². The standard InChI is InChI=1S/C26H21Cl2FN4O2/c1-35-24-20(27)13-12-19(23(24)29)25-31-21(16-34)22(28)26(32-25)33(18-10-6-3-7-11-18)15-14-30-17-8-4-2-5-9-17/h2-13,16,30H,14-15H2,1H3. The van der Waals surface area contributed by atoms with E-state index in [2.05, 4.69) is 15.3 Å². The molecule has 0 saturated heterocycles. The molecule has 178 valence electrons. The molecule has 0 fully saturated rings. The Kier molecular flexibility index (Phi) is 7.80. The molecular weight excluding hydrogens is 490 g/mol. The van der Waals surface area contributed by atoms with Crippen LogP contribution in [-0.4, -0.2) is 36.5 Å². The van der Waals surface area contributed by atoms with E-state index in [0.717, 1.165) is 11.4 Å². The lowest BCUT2D eigenvalue weighted by Crippen LogP contribution is -2.26. The molecule has 3 aromatic carbocycles. The van der Waals surface area contributed by atoms with Crippen LogP contribution in [0.2, 0.25) is 10.0 Å². The van der Waals surface area contributed by atoms with Gasteiger partial charge in [-0.25, -0.2) is 14.4 Å². The molecule has 0 aliphatic rings. The Labute approximate surface area is 212 Å². The molecule has 35 heavy (non-hydrogen) atoms. The van der Waals surface area contributed by atoms with Crippen molar-refractivity contribution < 1.29 is 13.9 Å². The minimum atomic E-state index is -0.734. The van der Waals surface area contributed by atoms with Crippen molar-refractivity contribution in [3.8, 4) is 17.1 Å². The number of nitrogens with zero attached hydrogens (tertiary/aromatic N) is 3. The van der Waals surface area contributed by atoms with Crippen LogP contribution >= 0.6 is 23.2 Å². The van der Waals surface area contributed by atoms with E-state index in [-0.39, 0.29) is 38.7 Å². The lowest BCUT2D eigenvalue weighted by Gasteiger charge is -2.26. The molecule has 0 bridgehead atoms. The van der Waals surface area contributed by atoms with Gasteiger partial charge in [-0.3, -0.25) is 4.79 Å². The van der Waals surface area contributed by atoms with Crippen LogP contribution in [0.1, 0.15) is 10.5 Å². The van der Waals surface area contributed by atoms with Crippen LogP contribution in [0.5, 0.6) is 5.75 Å². The number of carbonyl (C=O) groups excluding carboxylic acids is 1. The molecule has 0 aliphatic heterocycles. The molecule has 0 atom stereocenters. The molecule has 0 saturated carbocycles. The van der Waals surface area contributed by atoms with Gasteiger partial charge in [0.05, 0.1) is 17.7 Å². The fraction of sp³-hybridized carbons (Fsp3) is 0.115. The number of hydrogen-bond donors (Lipinski definition) is 1. The number of ether oxygens (including phenoxy) is 1. The smallest absolute Gasteiger partial charge is 0.177 e. The summed E-state index contributed by atoms with van der Waals surface area (Å²) in [6.45, 7) is 0.980. The summed E-state index contributed by atoms with van der Waals surface area (Å²) in [5, 5.41) is 3.52. The number of hydrogen-bond acceptors (Lipinski definition) is 6. The molecule has 0 amide bonds. The minimum absolute atomic E-state index is 0.0177. The lowest BCUT2D eigenvalue weighted by molar-refractivity contribution is 0.111. The molecule has 0 unspecified atom stereocenters. The van der Waals surface area contributed by atoms with E-state index in [1.54, 1.807) is 0 Å². The van der Waals surface area contributed by atoms with Crippen LogP contribution in [-0.2, 0) is 0 Å². The molecule has 0 aliphatic carbocycles. The number of carbonyl (C=O) groups is 1. The van der Waals surface area contributed by atoms with Crippen LogP contribution < -0.4 is 15.0 Å². The highest BCUT2D eigenvalue weighted by atomic mass is 35.5. The zero-order valence-corrected chi connectivity index (χ0v) is 20.2. The van der Waals surface area contributed by atoms with Crippen molar-refractivity contribution >= 4 is 46.7 Å².